The molecule has 0 aliphatic rings. The fraction of sp³-hybridized carbons (Fsp3) is 0.286. The fourth-order valence-electron chi connectivity index (χ4n) is 2.75. The highest BCUT2D eigenvalue weighted by Crippen LogP contribution is 2.24. The molecule has 3 aromatic rings. The molecule has 0 amide bonds. The summed E-state index contributed by atoms with van der Waals surface area (Å²) in [5.74, 6) is 1.67. The Morgan fingerprint density at radius 2 is 1.74 bits per heavy atom. The summed E-state index contributed by atoms with van der Waals surface area (Å²) in [5, 5.41) is 11.4. The van der Waals surface area contributed by atoms with Gasteiger partial charge in [0.25, 0.3) is 0 Å². The van der Waals surface area contributed by atoms with E-state index in [0.29, 0.717) is 19.6 Å². The SMILES string of the molecule is CCOc1ccc(N=c2scc(-c3ccc(OC)cc3)n2CCCO)cc1. The first-order chi connectivity index (χ1) is 13.2. The summed E-state index contributed by atoms with van der Waals surface area (Å²) in [7, 11) is 1.66. The summed E-state index contributed by atoms with van der Waals surface area (Å²) in [4.78, 5) is 5.70. The van der Waals surface area contributed by atoms with Gasteiger partial charge in [-0.15, -0.1) is 11.3 Å². The van der Waals surface area contributed by atoms with Gasteiger partial charge < -0.3 is 19.1 Å². The molecular formula is C21H24N2O3S. The molecule has 2 aromatic carbocycles. The number of nitrogens with zero attached hydrogens (tertiary/aromatic N) is 2. The van der Waals surface area contributed by atoms with E-state index >= 15 is 0 Å². The molecule has 0 saturated heterocycles. The second kappa shape index (κ2) is 9.39. The molecule has 6 heteroatoms. The van der Waals surface area contributed by atoms with Crippen molar-refractivity contribution in [1.82, 2.24) is 4.57 Å². The van der Waals surface area contributed by atoms with E-state index < -0.39 is 0 Å². The highest BCUT2D eigenvalue weighted by Gasteiger charge is 2.08. The van der Waals surface area contributed by atoms with Crippen LogP contribution in [0.1, 0.15) is 13.3 Å². The molecule has 27 heavy (non-hydrogen) atoms. The Morgan fingerprint density at radius 1 is 1.04 bits per heavy atom. The third-order valence-electron chi connectivity index (χ3n) is 4.10. The molecule has 142 valence electrons. The van der Waals surface area contributed by atoms with E-state index in [2.05, 4.69) is 9.95 Å². The first kappa shape index (κ1) is 19.2. The van der Waals surface area contributed by atoms with Crippen LogP contribution in [0.5, 0.6) is 11.5 Å². The van der Waals surface area contributed by atoms with Gasteiger partial charge in [-0.3, -0.25) is 0 Å². The van der Waals surface area contributed by atoms with Crippen molar-refractivity contribution in [3.63, 3.8) is 0 Å². The molecular weight excluding hydrogens is 360 g/mol. The number of benzene rings is 2. The van der Waals surface area contributed by atoms with Gasteiger partial charge in [0, 0.05) is 18.5 Å². The third-order valence-corrected chi connectivity index (χ3v) is 4.96. The van der Waals surface area contributed by atoms with E-state index in [9.17, 15) is 5.11 Å². The van der Waals surface area contributed by atoms with E-state index in [-0.39, 0.29) is 6.61 Å². The van der Waals surface area contributed by atoms with Gasteiger partial charge in [-0.05, 0) is 67.4 Å². The highest BCUT2D eigenvalue weighted by molar-refractivity contribution is 7.07. The molecule has 1 aromatic heterocycles. The Labute approximate surface area is 163 Å². The molecule has 0 saturated carbocycles. The Morgan fingerprint density at radius 3 is 2.37 bits per heavy atom. The third kappa shape index (κ3) is 4.78. The molecule has 0 atom stereocenters. The van der Waals surface area contributed by atoms with Crippen molar-refractivity contribution in [2.45, 2.75) is 19.9 Å². The molecule has 0 fully saturated rings. The Hall–Kier alpha value is -2.57. The van der Waals surface area contributed by atoms with Crippen molar-refractivity contribution in [3.8, 4) is 22.8 Å². The lowest BCUT2D eigenvalue weighted by Gasteiger charge is -2.09. The van der Waals surface area contributed by atoms with Crippen LogP contribution in [0.3, 0.4) is 0 Å². The van der Waals surface area contributed by atoms with Crippen LogP contribution in [-0.4, -0.2) is 30.0 Å². The first-order valence-corrected chi connectivity index (χ1v) is 9.84. The molecule has 0 spiro atoms. The van der Waals surface area contributed by atoms with Crippen LogP contribution in [0.25, 0.3) is 11.3 Å². The molecule has 0 aliphatic carbocycles. The molecule has 0 unspecified atom stereocenters. The zero-order valence-corrected chi connectivity index (χ0v) is 16.4. The van der Waals surface area contributed by atoms with Gasteiger partial charge in [0.1, 0.15) is 11.5 Å². The minimum absolute atomic E-state index is 0.146. The number of ether oxygens (including phenoxy) is 2. The van der Waals surface area contributed by atoms with Crippen LogP contribution < -0.4 is 14.3 Å². The van der Waals surface area contributed by atoms with Crippen molar-refractivity contribution in [2.75, 3.05) is 20.3 Å². The molecule has 0 bridgehead atoms. The van der Waals surface area contributed by atoms with E-state index in [1.807, 2.05) is 55.5 Å². The number of thiazole rings is 1. The highest BCUT2D eigenvalue weighted by atomic mass is 32.1. The normalized spacial score (nSPS) is 11.6. The summed E-state index contributed by atoms with van der Waals surface area (Å²) in [6.45, 7) is 3.47. The van der Waals surface area contributed by atoms with Crippen molar-refractivity contribution in [1.29, 1.82) is 0 Å². The number of aromatic nitrogens is 1. The van der Waals surface area contributed by atoms with Crippen molar-refractivity contribution in [3.05, 3.63) is 58.7 Å². The van der Waals surface area contributed by atoms with Crippen LogP contribution in [0.4, 0.5) is 5.69 Å². The number of aliphatic hydroxyl groups excluding tert-OH is 1. The van der Waals surface area contributed by atoms with Crippen LogP contribution >= 0.6 is 11.3 Å². The quantitative estimate of drug-likeness (QED) is 0.632. The largest absolute Gasteiger partial charge is 0.497 e. The Bertz CT molecular complexity index is 912. The van der Waals surface area contributed by atoms with Gasteiger partial charge in [0.15, 0.2) is 4.80 Å². The van der Waals surface area contributed by atoms with Gasteiger partial charge >= 0.3 is 0 Å². The summed E-state index contributed by atoms with van der Waals surface area (Å²) in [6, 6.07) is 15.7. The average Bonchev–Trinajstić information content (AvgIpc) is 3.10. The maximum atomic E-state index is 9.29. The van der Waals surface area contributed by atoms with Gasteiger partial charge in [-0.25, -0.2) is 4.99 Å². The number of rotatable bonds is 8. The van der Waals surface area contributed by atoms with Crippen LogP contribution in [0, 0.1) is 0 Å². The van der Waals surface area contributed by atoms with E-state index in [4.69, 9.17) is 14.5 Å². The molecule has 0 radical (unpaired) electrons. The fourth-order valence-corrected chi connectivity index (χ4v) is 3.71. The molecule has 3 rings (SSSR count). The predicted molar refractivity (Wildman–Crippen MR) is 109 cm³/mol. The van der Waals surface area contributed by atoms with Gasteiger partial charge in [0.05, 0.1) is 25.1 Å². The minimum atomic E-state index is 0.146. The lowest BCUT2D eigenvalue weighted by molar-refractivity contribution is 0.279. The predicted octanol–water partition coefficient (Wildman–Crippen LogP) is 4.24. The molecule has 1 N–H and O–H groups in total. The number of hydrogen-bond donors (Lipinski definition) is 1. The number of hydrogen-bond acceptors (Lipinski definition) is 5. The lowest BCUT2D eigenvalue weighted by atomic mass is 10.1. The van der Waals surface area contributed by atoms with Crippen LogP contribution in [0.15, 0.2) is 58.9 Å². The summed E-state index contributed by atoms with van der Waals surface area (Å²) in [6.07, 6.45) is 0.677. The Balaban J connectivity index is 1.97. The standard InChI is InChI=1S/C21H24N2O3S/c1-3-26-19-11-7-17(8-12-19)22-21-23(13-4-14-24)20(15-27-21)16-5-9-18(25-2)10-6-16/h5-12,15,24H,3-4,13-14H2,1-2H3. The zero-order chi connectivity index (χ0) is 19.1. The summed E-state index contributed by atoms with van der Waals surface area (Å²) in [5.41, 5.74) is 3.05. The number of aliphatic hydroxyl groups is 1. The number of methoxy groups -OCH3 is 1. The second-order valence-electron chi connectivity index (χ2n) is 5.90. The molecule has 5 nitrogen and oxygen atoms in total. The van der Waals surface area contributed by atoms with E-state index in [1.165, 1.54) is 0 Å². The molecule has 1 heterocycles. The lowest BCUT2D eigenvalue weighted by Crippen LogP contribution is -2.16. The topological polar surface area (TPSA) is 56.0 Å². The summed E-state index contributed by atoms with van der Waals surface area (Å²) >= 11 is 1.59. The maximum Gasteiger partial charge on any atom is 0.190 e. The maximum absolute atomic E-state index is 9.29. The Kier molecular flexibility index (Phi) is 6.68. The van der Waals surface area contributed by atoms with Crippen LogP contribution in [0.2, 0.25) is 0 Å². The second-order valence-corrected chi connectivity index (χ2v) is 6.74. The van der Waals surface area contributed by atoms with E-state index in [1.54, 1.807) is 18.4 Å². The van der Waals surface area contributed by atoms with Gasteiger partial charge in [-0.2, -0.15) is 0 Å². The van der Waals surface area contributed by atoms with Crippen molar-refractivity contribution >= 4 is 17.0 Å². The first-order valence-electron chi connectivity index (χ1n) is 8.96. The van der Waals surface area contributed by atoms with Gasteiger partial charge in [0.2, 0.25) is 0 Å². The monoisotopic (exact) mass is 384 g/mol. The van der Waals surface area contributed by atoms with Crippen LogP contribution in [-0.2, 0) is 6.54 Å². The minimum Gasteiger partial charge on any atom is -0.497 e. The van der Waals surface area contributed by atoms with Crippen molar-refractivity contribution in [2.24, 2.45) is 4.99 Å². The van der Waals surface area contributed by atoms with Gasteiger partial charge in [-0.1, -0.05) is 0 Å². The summed E-state index contributed by atoms with van der Waals surface area (Å²) < 4.78 is 12.9. The average molecular weight is 385 g/mol. The smallest absolute Gasteiger partial charge is 0.190 e. The van der Waals surface area contributed by atoms with Crippen molar-refractivity contribution < 1.29 is 14.6 Å². The van der Waals surface area contributed by atoms with E-state index in [0.717, 1.165) is 33.2 Å². The molecule has 0 aliphatic heterocycles. The zero-order valence-electron chi connectivity index (χ0n) is 15.6.